The van der Waals surface area contributed by atoms with Crippen molar-refractivity contribution in [3.05, 3.63) is 89.2 Å². The van der Waals surface area contributed by atoms with Crippen molar-refractivity contribution in [3.63, 3.8) is 0 Å². The maximum atomic E-state index is 13.9. The minimum atomic E-state index is -0.640. The van der Waals surface area contributed by atoms with Gasteiger partial charge in [-0.1, -0.05) is 48.2 Å². The monoisotopic (exact) mass is 450 g/mol. The fourth-order valence-electron chi connectivity index (χ4n) is 3.01. The first-order valence-electron chi connectivity index (χ1n) is 9.79. The number of ether oxygens (including phenoxy) is 1. The molecule has 1 N–H and O–H groups in total. The summed E-state index contributed by atoms with van der Waals surface area (Å²) in [6, 6.07) is 18.9. The molecule has 4 aromatic rings. The number of para-hydroxylation sites is 2. The molecule has 0 atom stereocenters. The lowest BCUT2D eigenvalue weighted by molar-refractivity contribution is -0.119. The molecule has 0 saturated carbocycles. The summed E-state index contributed by atoms with van der Waals surface area (Å²) in [6.07, 6.45) is 0. The average molecular weight is 450 g/mol. The number of halogens is 1. The van der Waals surface area contributed by atoms with E-state index >= 15 is 0 Å². The fourth-order valence-corrected chi connectivity index (χ4v) is 3.86. The lowest BCUT2D eigenvalue weighted by atomic mass is 10.1. The first-order chi connectivity index (χ1) is 15.5. The Morgan fingerprint density at radius 2 is 1.88 bits per heavy atom. The number of amides is 1. The highest BCUT2D eigenvalue weighted by molar-refractivity contribution is 7.98. The number of thioether (sulfide) groups is 1. The number of nitrogens with zero attached hydrogens (tertiary/aromatic N) is 1. The number of hydrogen-bond donors (Lipinski definition) is 1. The number of esters is 1. The van der Waals surface area contributed by atoms with E-state index < -0.39 is 24.3 Å². The van der Waals surface area contributed by atoms with Crippen LogP contribution in [0.1, 0.15) is 21.5 Å². The molecule has 0 spiro atoms. The van der Waals surface area contributed by atoms with Crippen LogP contribution in [0.25, 0.3) is 11.1 Å². The van der Waals surface area contributed by atoms with Gasteiger partial charge < -0.3 is 14.5 Å². The number of anilines is 1. The molecule has 162 valence electrons. The van der Waals surface area contributed by atoms with Gasteiger partial charge in [0, 0.05) is 5.75 Å². The second-order valence-electron chi connectivity index (χ2n) is 7.00. The molecule has 0 saturated heterocycles. The van der Waals surface area contributed by atoms with Gasteiger partial charge in [0.2, 0.25) is 0 Å². The third kappa shape index (κ3) is 5.15. The molecule has 8 heteroatoms. The Hall–Kier alpha value is -3.65. The van der Waals surface area contributed by atoms with Crippen molar-refractivity contribution in [2.24, 2.45) is 0 Å². The first kappa shape index (κ1) is 21.6. The predicted octanol–water partition coefficient (Wildman–Crippen LogP) is 5.36. The molecular formula is C24H19FN2O4S. The Morgan fingerprint density at radius 1 is 1.09 bits per heavy atom. The van der Waals surface area contributed by atoms with Gasteiger partial charge in [-0.3, -0.25) is 4.79 Å². The highest BCUT2D eigenvalue weighted by atomic mass is 32.2. The molecule has 0 aliphatic carbocycles. The third-order valence-electron chi connectivity index (χ3n) is 4.60. The van der Waals surface area contributed by atoms with Crippen LogP contribution < -0.4 is 5.32 Å². The summed E-state index contributed by atoms with van der Waals surface area (Å²) in [7, 11) is 0. The number of oxazole rings is 1. The minimum absolute atomic E-state index is 0.0341. The van der Waals surface area contributed by atoms with Gasteiger partial charge in [0.05, 0.1) is 11.3 Å². The van der Waals surface area contributed by atoms with Crippen LogP contribution in [-0.2, 0) is 15.3 Å². The molecule has 0 fully saturated rings. The molecule has 0 aliphatic rings. The van der Waals surface area contributed by atoms with Crippen LogP contribution in [0, 0.1) is 12.7 Å². The normalized spacial score (nSPS) is 10.8. The summed E-state index contributed by atoms with van der Waals surface area (Å²) in [6.45, 7) is 1.22. The zero-order chi connectivity index (χ0) is 22.5. The zero-order valence-corrected chi connectivity index (χ0v) is 17.9. The number of nitrogens with one attached hydrogen (secondary N) is 1. The van der Waals surface area contributed by atoms with Crippen LogP contribution in [0.2, 0.25) is 0 Å². The lowest BCUT2D eigenvalue weighted by Gasteiger charge is -2.10. The second-order valence-corrected chi connectivity index (χ2v) is 7.93. The van der Waals surface area contributed by atoms with E-state index in [1.54, 1.807) is 31.2 Å². The molecule has 3 aromatic carbocycles. The smallest absolute Gasteiger partial charge is 0.338 e. The topological polar surface area (TPSA) is 81.4 Å². The van der Waals surface area contributed by atoms with Crippen molar-refractivity contribution in [1.29, 1.82) is 0 Å². The number of fused-ring (bicyclic) bond motifs is 1. The molecule has 0 radical (unpaired) electrons. The van der Waals surface area contributed by atoms with E-state index in [0.717, 1.165) is 16.6 Å². The van der Waals surface area contributed by atoms with E-state index in [1.165, 1.54) is 23.9 Å². The fraction of sp³-hybridized carbons (Fsp3) is 0.125. The standard InChI is InChI=1S/C24H19FN2O4S/c1-15-10-11-19(18(25)12-15)26-22(28)13-30-23(29)17-7-3-2-6-16(17)14-32-24-27-20-8-4-5-9-21(20)31-24/h2-12H,13-14H2,1H3,(H,26,28). The number of hydrogen-bond acceptors (Lipinski definition) is 6. The van der Waals surface area contributed by atoms with Crippen molar-refractivity contribution in [2.75, 3.05) is 11.9 Å². The molecular weight excluding hydrogens is 431 g/mol. The molecule has 1 heterocycles. The Morgan fingerprint density at radius 3 is 2.69 bits per heavy atom. The minimum Gasteiger partial charge on any atom is -0.452 e. The highest BCUT2D eigenvalue weighted by Crippen LogP contribution is 2.27. The Kier molecular flexibility index (Phi) is 6.51. The SMILES string of the molecule is Cc1ccc(NC(=O)COC(=O)c2ccccc2CSc2nc3ccccc3o2)c(F)c1. The van der Waals surface area contributed by atoms with Crippen LogP contribution in [0.15, 0.2) is 76.4 Å². The summed E-state index contributed by atoms with van der Waals surface area (Å²) < 4.78 is 24.7. The Balaban J connectivity index is 1.37. The number of rotatable bonds is 7. The van der Waals surface area contributed by atoms with E-state index in [-0.39, 0.29) is 5.69 Å². The van der Waals surface area contributed by atoms with E-state index in [0.29, 0.717) is 22.1 Å². The van der Waals surface area contributed by atoms with Gasteiger partial charge in [-0.15, -0.1) is 0 Å². The summed E-state index contributed by atoms with van der Waals surface area (Å²) in [5.74, 6) is -1.39. The van der Waals surface area contributed by atoms with Crippen molar-refractivity contribution < 1.29 is 23.1 Å². The summed E-state index contributed by atoms with van der Waals surface area (Å²) in [5, 5.41) is 2.90. The molecule has 0 unspecified atom stereocenters. The van der Waals surface area contributed by atoms with Crippen molar-refractivity contribution in [1.82, 2.24) is 4.98 Å². The maximum Gasteiger partial charge on any atom is 0.338 e. The van der Waals surface area contributed by atoms with Crippen molar-refractivity contribution in [3.8, 4) is 0 Å². The summed E-state index contributed by atoms with van der Waals surface area (Å²) >= 11 is 1.35. The third-order valence-corrected chi connectivity index (χ3v) is 5.47. The number of aryl methyl sites for hydroxylation is 1. The predicted molar refractivity (Wildman–Crippen MR) is 120 cm³/mol. The van der Waals surface area contributed by atoms with Gasteiger partial charge >= 0.3 is 5.97 Å². The van der Waals surface area contributed by atoms with Crippen LogP contribution >= 0.6 is 11.8 Å². The summed E-state index contributed by atoms with van der Waals surface area (Å²) in [4.78, 5) is 29.1. The van der Waals surface area contributed by atoms with Crippen LogP contribution in [0.5, 0.6) is 0 Å². The molecule has 1 amide bonds. The van der Waals surface area contributed by atoms with Crippen molar-refractivity contribution in [2.45, 2.75) is 17.9 Å². The Bertz CT molecular complexity index is 1250. The van der Waals surface area contributed by atoms with Gasteiger partial charge in [-0.2, -0.15) is 0 Å². The number of aromatic nitrogens is 1. The van der Waals surface area contributed by atoms with Gasteiger partial charge in [0.25, 0.3) is 11.1 Å². The van der Waals surface area contributed by atoms with Crippen LogP contribution in [-0.4, -0.2) is 23.5 Å². The van der Waals surface area contributed by atoms with Crippen LogP contribution in [0.3, 0.4) is 0 Å². The molecule has 6 nitrogen and oxygen atoms in total. The number of carbonyl (C=O) groups is 2. The average Bonchev–Trinajstić information content (AvgIpc) is 3.21. The van der Waals surface area contributed by atoms with Gasteiger partial charge in [0.1, 0.15) is 11.3 Å². The molecule has 1 aromatic heterocycles. The second kappa shape index (κ2) is 9.65. The quantitative estimate of drug-likeness (QED) is 0.301. The van der Waals surface area contributed by atoms with E-state index in [1.807, 2.05) is 30.3 Å². The van der Waals surface area contributed by atoms with Crippen LogP contribution in [0.4, 0.5) is 10.1 Å². The van der Waals surface area contributed by atoms with E-state index in [2.05, 4.69) is 10.3 Å². The Labute approximate surface area is 187 Å². The van der Waals surface area contributed by atoms with Gasteiger partial charge in [-0.25, -0.2) is 14.2 Å². The maximum absolute atomic E-state index is 13.9. The molecule has 4 rings (SSSR count). The number of benzene rings is 3. The highest BCUT2D eigenvalue weighted by Gasteiger charge is 2.16. The molecule has 32 heavy (non-hydrogen) atoms. The zero-order valence-electron chi connectivity index (χ0n) is 17.1. The molecule has 0 bridgehead atoms. The number of carbonyl (C=O) groups excluding carboxylic acids is 2. The van der Waals surface area contributed by atoms with E-state index in [4.69, 9.17) is 9.15 Å². The van der Waals surface area contributed by atoms with Crippen molar-refractivity contribution >= 4 is 40.4 Å². The van der Waals surface area contributed by atoms with E-state index in [9.17, 15) is 14.0 Å². The largest absolute Gasteiger partial charge is 0.452 e. The van der Waals surface area contributed by atoms with Gasteiger partial charge in [-0.05, 0) is 48.4 Å². The summed E-state index contributed by atoms with van der Waals surface area (Å²) in [5.41, 5.74) is 3.28. The first-order valence-corrected chi connectivity index (χ1v) is 10.8. The lowest BCUT2D eigenvalue weighted by Crippen LogP contribution is -2.22. The van der Waals surface area contributed by atoms with Gasteiger partial charge in [0.15, 0.2) is 12.2 Å². The molecule has 0 aliphatic heterocycles.